The average Bonchev–Trinajstić information content (AvgIpc) is 3.21. The number of carbonyl (C=O) groups is 2. The molecule has 0 aliphatic heterocycles. The van der Waals surface area contributed by atoms with Crippen LogP contribution in [-0.2, 0) is 17.9 Å². The molecular weight excluding hydrogens is 354 g/mol. The Morgan fingerprint density at radius 3 is 2.54 bits per heavy atom. The van der Waals surface area contributed by atoms with Gasteiger partial charge in [0.05, 0.1) is 6.54 Å². The smallest absolute Gasteiger partial charge is 0.273 e. The summed E-state index contributed by atoms with van der Waals surface area (Å²) in [7, 11) is 0. The van der Waals surface area contributed by atoms with Gasteiger partial charge in [0.1, 0.15) is 0 Å². The molecule has 2 aliphatic carbocycles. The highest BCUT2D eigenvalue weighted by atomic mass is 16.5. The number of nitrogens with one attached hydrogen (secondary N) is 1. The van der Waals surface area contributed by atoms with Gasteiger partial charge in [0.15, 0.2) is 11.5 Å². The third kappa shape index (κ3) is 4.43. The lowest BCUT2D eigenvalue weighted by Crippen LogP contribution is -2.39. The van der Waals surface area contributed by atoms with Gasteiger partial charge in [-0.15, -0.1) is 0 Å². The summed E-state index contributed by atoms with van der Waals surface area (Å²) in [6, 6.07) is 9.97. The fraction of sp³-hybridized carbons (Fsp3) is 0.500. The monoisotopic (exact) mass is 381 g/mol. The predicted molar refractivity (Wildman–Crippen MR) is 104 cm³/mol. The van der Waals surface area contributed by atoms with Gasteiger partial charge in [0.25, 0.3) is 5.91 Å². The zero-order valence-corrected chi connectivity index (χ0v) is 16.3. The number of aryl methyl sites for hydroxylation is 1. The zero-order chi connectivity index (χ0) is 19.5. The first-order valence-corrected chi connectivity index (χ1v) is 10.2. The van der Waals surface area contributed by atoms with E-state index in [1.807, 2.05) is 36.1 Å². The summed E-state index contributed by atoms with van der Waals surface area (Å²) in [6.07, 6.45) is 6.42. The van der Waals surface area contributed by atoms with Crippen LogP contribution in [0.3, 0.4) is 0 Å². The molecule has 6 heteroatoms. The Labute approximate surface area is 165 Å². The maximum Gasteiger partial charge on any atom is 0.273 e. The van der Waals surface area contributed by atoms with Crippen LogP contribution in [0.2, 0.25) is 0 Å². The fourth-order valence-electron chi connectivity index (χ4n) is 3.81. The molecule has 4 rings (SSSR count). The molecule has 0 unspecified atom stereocenters. The minimum absolute atomic E-state index is 0.181. The van der Waals surface area contributed by atoms with Crippen LogP contribution in [0.4, 0.5) is 0 Å². The molecule has 0 atom stereocenters. The van der Waals surface area contributed by atoms with Crippen molar-refractivity contribution in [2.24, 2.45) is 5.92 Å². The van der Waals surface area contributed by atoms with Gasteiger partial charge < -0.3 is 14.7 Å². The topological polar surface area (TPSA) is 75.4 Å². The molecule has 0 saturated heterocycles. The predicted octanol–water partition coefficient (Wildman–Crippen LogP) is 3.59. The molecule has 0 spiro atoms. The SMILES string of the molecule is Cc1ccc(CNC(=O)c2cc(CN(C(=O)C3CC3)C3CCCC3)on2)cc1. The zero-order valence-electron chi connectivity index (χ0n) is 16.3. The lowest BCUT2D eigenvalue weighted by Gasteiger charge is -2.28. The van der Waals surface area contributed by atoms with Crippen molar-refractivity contribution in [3.63, 3.8) is 0 Å². The van der Waals surface area contributed by atoms with E-state index in [1.54, 1.807) is 6.07 Å². The first-order chi connectivity index (χ1) is 13.6. The largest absolute Gasteiger partial charge is 0.359 e. The number of carbonyl (C=O) groups excluding carboxylic acids is 2. The average molecular weight is 381 g/mol. The van der Waals surface area contributed by atoms with Gasteiger partial charge in [0.2, 0.25) is 5.91 Å². The summed E-state index contributed by atoms with van der Waals surface area (Å²) < 4.78 is 5.39. The number of hydrogen-bond donors (Lipinski definition) is 1. The molecule has 28 heavy (non-hydrogen) atoms. The van der Waals surface area contributed by atoms with Crippen LogP contribution in [0.25, 0.3) is 0 Å². The minimum Gasteiger partial charge on any atom is -0.359 e. The van der Waals surface area contributed by atoms with Crippen LogP contribution in [-0.4, -0.2) is 27.9 Å². The van der Waals surface area contributed by atoms with Crippen molar-refractivity contribution in [3.8, 4) is 0 Å². The van der Waals surface area contributed by atoms with Crippen molar-refractivity contribution in [1.29, 1.82) is 0 Å². The summed E-state index contributed by atoms with van der Waals surface area (Å²) in [5.74, 6) is 0.715. The molecule has 1 heterocycles. The first kappa shape index (κ1) is 18.7. The number of hydrogen-bond acceptors (Lipinski definition) is 4. The normalized spacial score (nSPS) is 16.9. The maximum atomic E-state index is 12.7. The lowest BCUT2D eigenvalue weighted by atomic mass is 10.1. The number of benzene rings is 1. The van der Waals surface area contributed by atoms with Crippen molar-refractivity contribution in [1.82, 2.24) is 15.4 Å². The Hall–Kier alpha value is -2.63. The van der Waals surface area contributed by atoms with Gasteiger partial charge in [-0.05, 0) is 38.2 Å². The second-order valence-electron chi connectivity index (χ2n) is 8.03. The van der Waals surface area contributed by atoms with Gasteiger partial charge in [-0.2, -0.15) is 0 Å². The van der Waals surface area contributed by atoms with Crippen molar-refractivity contribution < 1.29 is 14.1 Å². The molecule has 1 N–H and O–H groups in total. The van der Waals surface area contributed by atoms with Gasteiger partial charge in [-0.25, -0.2) is 0 Å². The molecule has 2 saturated carbocycles. The van der Waals surface area contributed by atoms with Crippen LogP contribution in [0, 0.1) is 12.8 Å². The first-order valence-electron chi connectivity index (χ1n) is 10.2. The summed E-state index contributed by atoms with van der Waals surface area (Å²) in [6.45, 7) is 2.87. The van der Waals surface area contributed by atoms with Crippen molar-refractivity contribution >= 4 is 11.8 Å². The van der Waals surface area contributed by atoms with Crippen LogP contribution in [0.1, 0.15) is 65.9 Å². The highest BCUT2D eigenvalue weighted by Crippen LogP contribution is 2.35. The van der Waals surface area contributed by atoms with Gasteiger partial charge >= 0.3 is 0 Å². The second kappa shape index (κ2) is 8.17. The van der Waals surface area contributed by atoms with E-state index in [-0.39, 0.29) is 29.5 Å². The van der Waals surface area contributed by atoms with E-state index in [0.717, 1.165) is 31.2 Å². The Morgan fingerprint density at radius 1 is 1.14 bits per heavy atom. The van der Waals surface area contributed by atoms with Crippen molar-refractivity contribution in [2.45, 2.75) is 64.6 Å². The van der Waals surface area contributed by atoms with Crippen molar-refractivity contribution in [3.05, 3.63) is 52.9 Å². The minimum atomic E-state index is -0.267. The van der Waals surface area contributed by atoms with E-state index in [0.29, 0.717) is 18.8 Å². The van der Waals surface area contributed by atoms with E-state index in [1.165, 1.54) is 18.4 Å². The Kier molecular flexibility index (Phi) is 5.46. The van der Waals surface area contributed by atoms with E-state index in [9.17, 15) is 9.59 Å². The Bertz CT molecular complexity index is 833. The van der Waals surface area contributed by atoms with Crippen LogP contribution in [0.5, 0.6) is 0 Å². The Balaban J connectivity index is 1.37. The van der Waals surface area contributed by atoms with Crippen LogP contribution in [0.15, 0.2) is 34.9 Å². The second-order valence-corrected chi connectivity index (χ2v) is 8.03. The van der Waals surface area contributed by atoms with E-state index < -0.39 is 0 Å². The van der Waals surface area contributed by atoms with E-state index >= 15 is 0 Å². The highest BCUT2D eigenvalue weighted by Gasteiger charge is 2.37. The molecule has 2 aliphatic rings. The highest BCUT2D eigenvalue weighted by molar-refractivity contribution is 5.92. The molecule has 0 bridgehead atoms. The van der Waals surface area contributed by atoms with E-state index in [4.69, 9.17) is 4.52 Å². The van der Waals surface area contributed by atoms with Crippen molar-refractivity contribution in [2.75, 3.05) is 0 Å². The number of nitrogens with zero attached hydrogens (tertiary/aromatic N) is 2. The third-order valence-corrected chi connectivity index (χ3v) is 5.67. The third-order valence-electron chi connectivity index (χ3n) is 5.67. The molecule has 1 aromatic carbocycles. The molecule has 1 aromatic heterocycles. The quantitative estimate of drug-likeness (QED) is 0.795. The molecule has 148 valence electrons. The summed E-state index contributed by atoms with van der Waals surface area (Å²) in [5.41, 5.74) is 2.47. The Morgan fingerprint density at radius 2 is 1.86 bits per heavy atom. The van der Waals surface area contributed by atoms with Gasteiger partial charge in [-0.3, -0.25) is 9.59 Å². The number of aromatic nitrogens is 1. The summed E-state index contributed by atoms with van der Waals surface area (Å²) in [4.78, 5) is 27.0. The summed E-state index contributed by atoms with van der Waals surface area (Å²) >= 11 is 0. The maximum absolute atomic E-state index is 12.7. The molecule has 2 amide bonds. The molecule has 2 aromatic rings. The standard InChI is InChI=1S/C22H27N3O3/c1-15-6-8-16(9-7-15)13-23-21(26)20-12-19(28-24-20)14-25(18-4-2-3-5-18)22(27)17-10-11-17/h6-9,12,17-18H,2-5,10-11,13-14H2,1H3,(H,23,26). The number of amides is 2. The van der Waals surface area contributed by atoms with Gasteiger partial charge in [0, 0.05) is 24.6 Å². The van der Waals surface area contributed by atoms with Crippen LogP contribution >= 0.6 is 0 Å². The summed E-state index contributed by atoms with van der Waals surface area (Å²) in [5, 5.41) is 6.78. The van der Waals surface area contributed by atoms with Crippen LogP contribution < -0.4 is 5.32 Å². The molecule has 2 fully saturated rings. The van der Waals surface area contributed by atoms with E-state index in [2.05, 4.69) is 10.5 Å². The van der Waals surface area contributed by atoms with Gasteiger partial charge in [-0.1, -0.05) is 47.8 Å². The number of rotatable bonds is 7. The lowest BCUT2D eigenvalue weighted by molar-refractivity contribution is -0.135. The molecule has 6 nitrogen and oxygen atoms in total. The molecular formula is C22H27N3O3. The fourth-order valence-corrected chi connectivity index (χ4v) is 3.81. The molecule has 0 radical (unpaired) electrons.